The lowest BCUT2D eigenvalue weighted by Gasteiger charge is -2.08. The van der Waals surface area contributed by atoms with Gasteiger partial charge in [-0.05, 0) is 18.9 Å². The molecular weight excluding hydrogens is 179 g/mol. The van der Waals surface area contributed by atoms with Crippen LogP contribution in [0.2, 0.25) is 0 Å². The fourth-order valence-electron chi connectivity index (χ4n) is 0.778. The molecule has 0 aliphatic rings. The predicted molar refractivity (Wildman–Crippen MR) is 47.0 cm³/mol. The molecule has 4 heteroatoms. The van der Waals surface area contributed by atoms with Gasteiger partial charge >= 0.3 is 6.18 Å². The van der Waals surface area contributed by atoms with Crippen molar-refractivity contribution in [2.45, 2.75) is 32.9 Å². The van der Waals surface area contributed by atoms with Crippen molar-refractivity contribution in [1.82, 2.24) is 0 Å². The van der Waals surface area contributed by atoms with Crippen LogP contribution in [0.5, 0.6) is 0 Å². The van der Waals surface area contributed by atoms with Crippen LogP contribution in [0.3, 0.4) is 0 Å². The second-order valence-electron chi connectivity index (χ2n) is 2.64. The van der Waals surface area contributed by atoms with Gasteiger partial charge in [-0.15, -0.1) is 0 Å². The molecule has 76 valence electrons. The Balaban J connectivity index is 4.75. The van der Waals surface area contributed by atoms with Crippen LogP contribution in [0.15, 0.2) is 23.4 Å². The molecule has 0 aromatic heterocycles. The molecule has 0 aliphatic heterocycles. The predicted octanol–water partition coefficient (Wildman–Crippen LogP) is 3.14. The van der Waals surface area contributed by atoms with Crippen molar-refractivity contribution in [2.75, 3.05) is 0 Å². The third-order valence-electron chi connectivity index (χ3n) is 1.50. The highest BCUT2D eigenvalue weighted by molar-refractivity contribution is 5.26. The Morgan fingerprint density at radius 3 is 2.15 bits per heavy atom. The van der Waals surface area contributed by atoms with Gasteiger partial charge in [0.05, 0.1) is 5.57 Å². The number of hydrogen-bond donors (Lipinski definition) is 1. The molecule has 2 N–H and O–H groups in total. The zero-order valence-corrected chi connectivity index (χ0v) is 7.78. The van der Waals surface area contributed by atoms with Gasteiger partial charge in [-0.2, -0.15) is 13.2 Å². The van der Waals surface area contributed by atoms with Crippen LogP contribution < -0.4 is 5.73 Å². The van der Waals surface area contributed by atoms with Crippen LogP contribution in [0.25, 0.3) is 0 Å². The van der Waals surface area contributed by atoms with E-state index in [1.165, 1.54) is 0 Å². The van der Waals surface area contributed by atoms with Crippen molar-refractivity contribution in [3.8, 4) is 0 Å². The SMILES string of the molecule is CC/C=C(\C=C(\N)CC)C(F)(F)F. The van der Waals surface area contributed by atoms with E-state index < -0.39 is 11.7 Å². The average Bonchev–Trinajstić information content (AvgIpc) is 2.01. The minimum absolute atomic E-state index is 0.247. The highest BCUT2D eigenvalue weighted by Gasteiger charge is 2.31. The van der Waals surface area contributed by atoms with E-state index >= 15 is 0 Å². The van der Waals surface area contributed by atoms with Crippen LogP contribution >= 0.6 is 0 Å². The molecule has 0 atom stereocenters. The normalized spacial score (nSPS) is 14.8. The van der Waals surface area contributed by atoms with E-state index in [0.29, 0.717) is 12.8 Å². The van der Waals surface area contributed by atoms with Crippen molar-refractivity contribution in [3.05, 3.63) is 23.4 Å². The third kappa shape index (κ3) is 4.60. The van der Waals surface area contributed by atoms with E-state index in [2.05, 4.69) is 0 Å². The first kappa shape index (κ1) is 12.1. The summed E-state index contributed by atoms with van der Waals surface area (Å²) in [7, 11) is 0. The smallest absolute Gasteiger partial charge is 0.402 e. The van der Waals surface area contributed by atoms with E-state index in [-0.39, 0.29) is 5.70 Å². The largest absolute Gasteiger partial charge is 0.416 e. The van der Waals surface area contributed by atoms with Crippen LogP contribution in [0.4, 0.5) is 13.2 Å². The number of alkyl halides is 3. The van der Waals surface area contributed by atoms with Crippen LogP contribution in [0.1, 0.15) is 26.7 Å². The molecule has 0 saturated heterocycles. The highest BCUT2D eigenvalue weighted by Crippen LogP contribution is 2.27. The molecule has 13 heavy (non-hydrogen) atoms. The minimum atomic E-state index is -4.30. The Hall–Kier alpha value is -0.930. The van der Waals surface area contributed by atoms with Crippen molar-refractivity contribution in [3.63, 3.8) is 0 Å². The summed E-state index contributed by atoms with van der Waals surface area (Å²) >= 11 is 0. The first-order valence-electron chi connectivity index (χ1n) is 4.15. The number of hydrogen-bond acceptors (Lipinski definition) is 1. The van der Waals surface area contributed by atoms with Crippen molar-refractivity contribution < 1.29 is 13.2 Å². The topological polar surface area (TPSA) is 26.0 Å². The minimum Gasteiger partial charge on any atom is -0.402 e. The summed E-state index contributed by atoms with van der Waals surface area (Å²) < 4.78 is 36.7. The molecule has 0 saturated carbocycles. The summed E-state index contributed by atoms with van der Waals surface area (Å²) in [5.41, 5.74) is 4.91. The lowest BCUT2D eigenvalue weighted by Crippen LogP contribution is -2.11. The Kier molecular flexibility index (Phi) is 4.59. The molecule has 0 aromatic rings. The first-order chi connectivity index (χ1) is 5.91. The standard InChI is InChI=1S/C9H14F3N/c1-3-5-7(9(10,11)12)6-8(13)4-2/h5-6H,3-4,13H2,1-2H3/b7-5+,8-6+. The zero-order chi connectivity index (χ0) is 10.5. The average molecular weight is 193 g/mol. The highest BCUT2D eigenvalue weighted by atomic mass is 19.4. The molecule has 0 rings (SSSR count). The molecule has 0 aromatic carbocycles. The Bertz CT molecular complexity index is 213. The second-order valence-corrected chi connectivity index (χ2v) is 2.64. The van der Waals surface area contributed by atoms with Gasteiger partial charge in [-0.3, -0.25) is 0 Å². The molecule has 0 unspecified atom stereocenters. The molecule has 0 fully saturated rings. The third-order valence-corrected chi connectivity index (χ3v) is 1.50. The van der Waals surface area contributed by atoms with Gasteiger partial charge in [0.25, 0.3) is 0 Å². The number of rotatable bonds is 3. The quantitative estimate of drug-likeness (QED) is 0.684. The van der Waals surface area contributed by atoms with E-state index in [9.17, 15) is 13.2 Å². The molecule has 0 radical (unpaired) electrons. The van der Waals surface area contributed by atoms with E-state index in [1.54, 1.807) is 13.8 Å². The van der Waals surface area contributed by atoms with Crippen molar-refractivity contribution in [1.29, 1.82) is 0 Å². The molecule has 1 nitrogen and oxygen atoms in total. The number of nitrogens with two attached hydrogens (primary N) is 1. The fraction of sp³-hybridized carbons (Fsp3) is 0.556. The van der Waals surface area contributed by atoms with Gasteiger partial charge in [-0.25, -0.2) is 0 Å². The van der Waals surface area contributed by atoms with Crippen LogP contribution in [-0.2, 0) is 0 Å². The summed E-state index contributed by atoms with van der Waals surface area (Å²) in [6.45, 7) is 3.37. The molecule has 0 heterocycles. The van der Waals surface area contributed by atoms with Gasteiger partial charge in [0.1, 0.15) is 0 Å². The molecule has 0 aliphatic carbocycles. The number of halogens is 3. The fourth-order valence-corrected chi connectivity index (χ4v) is 0.778. The molecular formula is C9H14F3N. The Labute approximate surface area is 76.1 Å². The zero-order valence-electron chi connectivity index (χ0n) is 7.78. The Morgan fingerprint density at radius 2 is 1.85 bits per heavy atom. The Morgan fingerprint density at radius 1 is 1.31 bits per heavy atom. The molecule has 0 spiro atoms. The number of allylic oxidation sites excluding steroid dienone is 4. The summed E-state index contributed by atoms with van der Waals surface area (Å²) in [6, 6.07) is 0. The first-order valence-corrected chi connectivity index (χ1v) is 4.15. The molecule has 0 amide bonds. The summed E-state index contributed by atoms with van der Waals surface area (Å²) in [5, 5.41) is 0. The van der Waals surface area contributed by atoms with Gasteiger partial charge in [0.2, 0.25) is 0 Å². The van der Waals surface area contributed by atoms with E-state index in [4.69, 9.17) is 5.73 Å². The molecule has 0 bridgehead atoms. The maximum absolute atomic E-state index is 12.2. The summed E-state index contributed by atoms with van der Waals surface area (Å²) in [4.78, 5) is 0. The summed E-state index contributed by atoms with van der Waals surface area (Å²) in [6.07, 6.45) is -1.40. The monoisotopic (exact) mass is 193 g/mol. The van der Waals surface area contributed by atoms with Gasteiger partial charge in [-0.1, -0.05) is 19.9 Å². The second kappa shape index (κ2) is 4.94. The van der Waals surface area contributed by atoms with Crippen molar-refractivity contribution in [2.24, 2.45) is 5.73 Å². The van der Waals surface area contributed by atoms with Crippen LogP contribution in [-0.4, -0.2) is 6.18 Å². The van der Waals surface area contributed by atoms with Gasteiger partial charge in [0, 0.05) is 5.70 Å². The lowest BCUT2D eigenvalue weighted by molar-refractivity contribution is -0.0885. The van der Waals surface area contributed by atoms with Crippen LogP contribution in [0, 0.1) is 0 Å². The van der Waals surface area contributed by atoms with E-state index in [0.717, 1.165) is 12.2 Å². The lowest BCUT2D eigenvalue weighted by atomic mass is 10.1. The maximum Gasteiger partial charge on any atom is 0.416 e. The maximum atomic E-state index is 12.2. The van der Waals surface area contributed by atoms with Gasteiger partial charge in [0.15, 0.2) is 0 Å². The summed E-state index contributed by atoms with van der Waals surface area (Å²) in [5.74, 6) is 0. The van der Waals surface area contributed by atoms with Crippen molar-refractivity contribution >= 4 is 0 Å². The van der Waals surface area contributed by atoms with Gasteiger partial charge < -0.3 is 5.73 Å². The van der Waals surface area contributed by atoms with E-state index in [1.807, 2.05) is 0 Å².